The maximum Gasteiger partial charge on any atom is 0.397 e. The number of hydrogen-bond donors (Lipinski definition) is 2. The number of anilines is 1. The molecule has 2 N–H and O–H groups in total. The molecule has 0 aliphatic rings. The summed E-state index contributed by atoms with van der Waals surface area (Å²) in [6.45, 7) is 8.62. The predicted molar refractivity (Wildman–Crippen MR) is 152 cm³/mol. The van der Waals surface area contributed by atoms with Crippen molar-refractivity contribution in [2.45, 2.75) is 46.8 Å². The predicted octanol–water partition coefficient (Wildman–Crippen LogP) is 6.66. The van der Waals surface area contributed by atoms with E-state index in [1.54, 1.807) is 37.5 Å². The lowest BCUT2D eigenvalue weighted by Crippen LogP contribution is -2.26. The second-order valence-corrected chi connectivity index (χ2v) is 9.58. The first-order chi connectivity index (χ1) is 19.2. The van der Waals surface area contributed by atoms with E-state index >= 15 is 0 Å². The van der Waals surface area contributed by atoms with Gasteiger partial charge in [-0.25, -0.2) is 4.79 Å². The van der Waals surface area contributed by atoms with Crippen LogP contribution in [0.4, 0.5) is 5.69 Å². The molecule has 0 aliphatic carbocycles. The molecular weight excluding hydrogens is 508 g/mol. The minimum atomic E-state index is -0.933. The van der Waals surface area contributed by atoms with Crippen molar-refractivity contribution in [3.63, 3.8) is 0 Å². The molecule has 1 atom stereocenters. The second kappa shape index (κ2) is 13.0. The van der Waals surface area contributed by atoms with E-state index in [1.807, 2.05) is 50.2 Å². The normalized spacial score (nSPS) is 11.7. The van der Waals surface area contributed by atoms with Gasteiger partial charge in [0, 0.05) is 23.8 Å². The Labute approximate surface area is 234 Å². The standard InChI is InChI=1S/C32H34N2O6/c1-5-38-32(37)31(36)33-26-16-21(2)30(22(3)17-26)40-27-13-14-29(35)25(18-27)19-34(20-28-12-9-15-39-28)23(4)24-10-7-6-8-11-24/h6-18,23,35H,5,19-20H2,1-4H3,(H,33,36). The second-order valence-electron chi connectivity index (χ2n) is 9.58. The summed E-state index contributed by atoms with van der Waals surface area (Å²) in [4.78, 5) is 26.0. The third kappa shape index (κ3) is 7.09. The van der Waals surface area contributed by atoms with Crippen molar-refractivity contribution in [3.05, 3.63) is 107 Å². The first-order valence-electron chi connectivity index (χ1n) is 13.2. The largest absolute Gasteiger partial charge is 0.508 e. The third-order valence-corrected chi connectivity index (χ3v) is 6.59. The minimum Gasteiger partial charge on any atom is -0.508 e. The summed E-state index contributed by atoms with van der Waals surface area (Å²) in [6, 6.07) is 22.7. The van der Waals surface area contributed by atoms with E-state index in [0.29, 0.717) is 35.8 Å². The molecule has 0 fully saturated rings. The highest BCUT2D eigenvalue weighted by Crippen LogP contribution is 2.35. The Morgan fingerprint density at radius 1 is 0.975 bits per heavy atom. The van der Waals surface area contributed by atoms with Crippen molar-refractivity contribution >= 4 is 17.6 Å². The zero-order valence-electron chi connectivity index (χ0n) is 23.1. The summed E-state index contributed by atoms with van der Waals surface area (Å²) in [7, 11) is 0. The molecule has 1 amide bonds. The number of aromatic hydroxyl groups is 1. The number of amides is 1. The van der Waals surface area contributed by atoms with E-state index in [1.165, 1.54) is 0 Å². The van der Waals surface area contributed by atoms with Crippen molar-refractivity contribution in [1.29, 1.82) is 0 Å². The van der Waals surface area contributed by atoms with Crippen LogP contribution >= 0.6 is 0 Å². The van der Waals surface area contributed by atoms with E-state index in [4.69, 9.17) is 13.9 Å². The van der Waals surface area contributed by atoms with Crippen LogP contribution in [0.15, 0.2) is 83.5 Å². The van der Waals surface area contributed by atoms with Crippen LogP contribution in [0.25, 0.3) is 0 Å². The lowest BCUT2D eigenvalue weighted by molar-refractivity contribution is -0.152. The van der Waals surface area contributed by atoms with Gasteiger partial charge in [-0.15, -0.1) is 0 Å². The molecule has 8 nitrogen and oxygen atoms in total. The van der Waals surface area contributed by atoms with Crippen molar-refractivity contribution in [3.8, 4) is 17.2 Å². The number of nitrogens with zero attached hydrogens (tertiary/aromatic N) is 1. The molecule has 3 aromatic carbocycles. The summed E-state index contributed by atoms with van der Waals surface area (Å²) in [5.74, 6) is 0.417. The molecule has 1 unspecified atom stereocenters. The molecule has 0 spiro atoms. The third-order valence-electron chi connectivity index (χ3n) is 6.59. The quantitative estimate of drug-likeness (QED) is 0.171. The Kier molecular flexibility index (Phi) is 9.24. The smallest absolute Gasteiger partial charge is 0.397 e. The van der Waals surface area contributed by atoms with Crippen LogP contribution in [0.5, 0.6) is 17.2 Å². The van der Waals surface area contributed by atoms with E-state index in [-0.39, 0.29) is 18.4 Å². The molecule has 8 heteroatoms. The Morgan fingerprint density at radius 2 is 1.70 bits per heavy atom. The maximum absolute atomic E-state index is 12.0. The Bertz CT molecular complexity index is 1430. The number of phenolic OH excluding ortho intramolecular Hbond substituents is 1. The highest BCUT2D eigenvalue weighted by molar-refractivity contribution is 6.37. The zero-order valence-corrected chi connectivity index (χ0v) is 23.1. The topological polar surface area (TPSA) is 101 Å². The number of aryl methyl sites for hydroxylation is 2. The van der Waals surface area contributed by atoms with Gasteiger partial charge >= 0.3 is 11.9 Å². The SMILES string of the molecule is CCOC(=O)C(=O)Nc1cc(C)c(Oc2ccc(O)c(CN(Cc3ccco3)C(C)c3ccccc3)c2)c(C)c1. The number of phenols is 1. The van der Waals surface area contributed by atoms with Gasteiger partial charge in [-0.3, -0.25) is 9.69 Å². The molecule has 0 radical (unpaired) electrons. The summed E-state index contributed by atoms with van der Waals surface area (Å²) in [6.07, 6.45) is 1.66. The molecule has 0 saturated heterocycles. The van der Waals surface area contributed by atoms with Crippen LogP contribution in [-0.4, -0.2) is 28.5 Å². The fraction of sp³-hybridized carbons (Fsp3) is 0.250. The van der Waals surface area contributed by atoms with Gasteiger partial charge in [-0.2, -0.15) is 0 Å². The van der Waals surface area contributed by atoms with E-state index in [0.717, 1.165) is 22.5 Å². The van der Waals surface area contributed by atoms with Crippen LogP contribution in [-0.2, 0) is 27.4 Å². The van der Waals surface area contributed by atoms with Crippen molar-refractivity contribution in [2.24, 2.45) is 0 Å². The van der Waals surface area contributed by atoms with Gasteiger partial charge in [0.05, 0.1) is 19.4 Å². The van der Waals surface area contributed by atoms with Crippen molar-refractivity contribution in [2.75, 3.05) is 11.9 Å². The van der Waals surface area contributed by atoms with Crippen LogP contribution < -0.4 is 10.1 Å². The average Bonchev–Trinajstić information content (AvgIpc) is 3.45. The molecule has 4 rings (SSSR count). The highest BCUT2D eigenvalue weighted by Gasteiger charge is 2.20. The Hall–Kier alpha value is -4.56. The number of hydrogen-bond acceptors (Lipinski definition) is 7. The van der Waals surface area contributed by atoms with Crippen LogP contribution in [0.1, 0.15) is 47.9 Å². The molecule has 1 heterocycles. The number of esters is 1. The molecule has 1 aromatic heterocycles. The maximum atomic E-state index is 12.0. The number of nitrogens with one attached hydrogen (secondary N) is 1. The van der Waals surface area contributed by atoms with Gasteiger partial charge < -0.3 is 24.3 Å². The van der Waals surface area contributed by atoms with Crippen molar-refractivity contribution in [1.82, 2.24) is 4.90 Å². The first-order valence-corrected chi connectivity index (χ1v) is 13.2. The number of furan rings is 1. The van der Waals surface area contributed by atoms with Gasteiger partial charge in [0.2, 0.25) is 0 Å². The fourth-order valence-electron chi connectivity index (χ4n) is 4.53. The number of rotatable bonds is 10. The van der Waals surface area contributed by atoms with Gasteiger partial charge in [0.25, 0.3) is 0 Å². The first kappa shape index (κ1) is 28.4. The highest BCUT2D eigenvalue weighted by atomic mass is 16.5. The minimum absolute atomic E-state index is 0.0529. The molecule has 4 aromatic rings. The number of carbonyl (C=O) groups excluding carboxylic acids is 2. The lowest BCUT2D eigenvalue weighted by Gasteiger charge is -2.29. The number of carbonyl (C=O) groups is 2. The molecule has 208 valence electrons. The van der Waals surface area contributed by atoms with Crippen LogP contribution in [0.2, 0.25) is 0 Å². The molecular formula is C32H34N2O6. The fourth-order valence-corrected chi connectivity index (χ4v) is 4.53. The van der Waals surface area contributed by atoms with Gasteiger partial charge in [-0.05, 0) is 86.8 Å². The molecule has 0 saturated carbocycles. The lowest BCUT2D eigenvalue weighted by atomic mass is 10.0. The van der Waals surface area contributed by atoms with E-state index in [9.17, 15) is 14.7 Å². The monoisotopic (exact) mass is 542 g/mol. The molecule has 0 aliphatic heterocycles. The van der Waals surface area contributed by atoms with Gasteiger partial charge in [-0.1, -0.05) is 30.3 Å². The van der Waals surface area contributed by atoms with Gasteiger partial charge in [0.1, 0.15) is 23.0 Å². The Balaban J connectivity index is 1.55. The van der Waals surface area contributed by atoms with E-state index in [2.05, 4.69) is 29.3 Å². The van der Waals surface area contributed by atoms with Gasteiger partial charge in [0.15, 0.2) is 0 Å². The molecule has 40 heavy (non-hydrogen) atoms. The summed E-state index contributed by atoms with van der Waals surface area (Å²) in [5, 5.41) is 13.3. The molecule has 0 bridgehead atoms. The van der Waals surface area contributed by atoms with Crippen LogP contribution in [0, 0.1) is 13.8 Å². The summed E-state index contributed by atoms with van der Waals surface area (Å²) in [5.41, 5.74) is 3.87. The summed E-state index contributed by atoms with van der Waals surface area (Å²) < 4.78 is 16.6. The van der Waals surface area contributed by atoms with Crippen molar-refractivity contribution < 1.29 is 28.6 Å². The average molecular weight is 543 g/mol. The summed E-state index contributed by atoms with van der Waals surface area (Å²) >= 11 is 0. The van der Waals surface area contributed by atoms with E-state index < -0.39 is 11.9 Å². The number of ether oxygens (including phenoxy) is 2. The van der Waals surface area contributed by atoms with Crippen LogP contribution in [0.3, 0.4) is 0 Å². The Morgan fingerprint density at radius 3 is 2.35 bits per heavy atom. The number of benzene rings is 3. The zero-order chi connectivity index (χ0) is 28.6.